The number of anilines is 1. The predicted molar refractivity (Wildman–Crippen MR) is 113 cm³/mol. The highest BCUT2D eigenvalue weighted by atomic mass is 16.5. The summed E-state index contributed by atoms with van der Waals surface area (Å²) in [5.74, 6) is 2.17. The number of carbonyl (C=O) groups excluding carboxylic acids is 1. The van der Waals surface area contributed by atoms with E-state index in [0.29, 0.717) is 5.82 Å². The van der Waals surface area contributed by atoms with Crippen molar-refractivity contribution in [2.45, 2.75) is 24.7 Å². The summed E-state index contributed by atoms with van der Waals surface area (Å²) in [5, 5.41) is 2.98. The third-order valence-electron chi connectivity index (χ3n) is 5.46. The number of rotatable bonds is 7. The van der Waals surface area contributed by atoms with Crippen molar-refractivity contribution in [2.24, 2.45) is 0 Å². The molecule has 4 rings (SSSR count). The Hall–Kier alpha value is -3.34. The second-order valence-electron chi connectivity index (χ2n) is 7.31. The van der Waals surface area contributed by atoms with Gasteiger partial charge in [-0.25, -0.2) is 4.98 Å². The maximum Gasteiger partial charge on any atom is 0.236 e. The third-order valence-corrected chi connectivity index (χ3v) is 5.46. The first kappa shape index (κ1) is 19.0. The van der Waals surface area contributed by atoms with Crippen LogP contribution in [0.25, 0.3) is 0 Å². The summed E-state index contributed by atoms with van der Waals surface area (Å²) in [5.41, 5.74) is 2.67. The van der Waals surface area contributed by atoms with Crippen molar-refractivity contribution in [3.8, 4) is 11.5 Å². The maximum atomic E-state index is 12.9. The lowest BCUT2D eigenvalue weighted by molar-refractivity contribution is -0.118. The molecule has 0 spiro atoms. The first-order chi connectivity index (χ1) is 14.1. The molecule has 29 heavy (non-hydrogen) atoms. The van der Waals surface area contributed by atoms with Crippen LogP contribution in [0.3, 0.4) is 0 Å². The Labute approximate surface area is 170 Å². The quantitative estimate of drug-likeness (QED) is 0.653. The number of nitrogens with zero attached hydrogens (tertiary/aromatic N) is 1. The fourth-order valence-corrected chi connectivity index (χ4v) is 3.60. The first-order valence-corrected chi connectivity index (χ1v) is 9.67. The van der Waals surface area contributed by atoms with Crippen molar-refractivity contribution in [3.05, 3.63) is 83.6 Å². The minimum absolute atomic E-state index is 0.0178. The van der Waals surface area contributed by atoms with E-state index >= 15 is 0 Å². The molecule has 2 aromatic carbocycles. The van der Waals surface area contributed by atoms with Crippen LogP contribution >= 0.6 is 0 Å². The van der Waals surface area contributed by atoms with Crippen LogP contribution in [0, 0.1) is 0 Å². The first-order valence-electron chi connectivity index (χ1n) is 9.67. The molecule has 0 aliphatic heterocycles. The molecule has 1 aromatic heterocycles. The van der Waals surface area contributed by atoms with Gasteiger partial charge in [0.15, 0.2) is 0 Å². The zero-order chi connectivity index (χ0) is 20.3. The summed E-state index contributed by atoms with van der Waals surface area (Å²) in [7, 11) is 3.31. The van der Waals surface area contributed by atoms with Gasteiger partial charge < -0.3 is 14.8 Å². The second kappa shape index (κ2) is 7.95. The number of aromatic nitrogens is 1. The normalized spacial score (nSPS) is 14.1. The standard InChI is InChI=1S/C24H24N2O3/c1-28-20-8-5-7-19(15-20)24(12-13-24)23(27)26-22-11-10-17(16-25-22)14-18-6-3-4-9-21(18)29-2/h3-11,15-16H,12-14H2,1-2H3,(H,25,26,27). The van der Waals surface area contributed by atoms with Crippen molar-refractivity contribution in [1.29, 1.82) is 0 Å². The molecule has 3 aromatic rings. The van der Waals surface area contributed by atoms with Gasteiger partial charge in [-0.1, -0.05) is 36.4 Å². The SMILES string of the molecule is COc1cccc(C2(C(=O)Nc3ccc(Cc4ccccc4OC)cn3)CC2)c1. The summed E-state index contributed by atoms with van der Waals surface area (Å²) < 4.78 is 10.7. The molecular weight excluding hydrogens is 364 g/mol. The van der Waals surface area contributed by atoms with E-state index in [0.717, 1.165) is 47.5 Å². The van der Waals surface area contributed by atoms with Gasteiger partial charge in [0.2, 0.25) is 5.91 Å². The Morgan fingerprint density at radius 1 is 1.03 bits per heavy atom. The van der Waals surface area contributed by atoms with E-state index in [1.807, 2.05) is 60.7 Å². The van der Waals surface area contributed by atoms with E-state index < -0.39 is 5.41 Å². The van der Waals surface area contributed by atoms with Crippen LogP contribution < -0.4 is 14.8 Å². The molecule has 148 valence electrons. The highest BCUT2D eigenvalue weighted by Gasteiger charge is 2.51. The number of pyridine rings is 1. The van der Waals surface area contributed by atoms with Crippen LogP contribution in [0.4, 0.5) is 5.82 Å². The van der Waals surface area contributed by atoms with Crippen LogP contribution in [0.1, 0.15) is 29.5 Å². The number of nitrogens with one attached hydrogen (secondary N) is 1. The molecule has 0 radical (unpaired) electrons. The minimum Gasteiger partial charge on any atom is -0.497 e. The number of hydrogen-bond donors (Lipinski definition) is 1. The van der Waals surface area contributed by atoms with E-state index in [2.05, 4.69) is 10.3 Å². The van der Waals surface area contributed by atoms with Gasteiger partial charge >= 0.3 is 0 Å². The Bertz CT molecular complexity index is 1010. The zero-order valence-electron chi connectivity index (χ0n) is 16.6. The molecule has 1 heterocycles. The van der Waals surface area contributed by atoms with Gasteiger partial charge in [0.05, 0.1) is 19.6 Å². The summed E-state index contributed by atoms with van der Waals surface area (Å²) in [6.45, 7) is 0. The molecule has 5 heteroatoms. The summed E-state index contributed by atoms with van der Waals surface area (Å²) >= 11 is 0. The molecule has 0 saturated heterocycles. The Kier molecular flexibility index (Phi) is 5.21. The molecule has 0 unspecified atom stereocenters. The minimum atomic E-state index is -0.480. The molecule has 0 atom stereocenters. The highest BCUT2D eigenvalue weighted by Crippen LogP contribution is 2.49. The van der Waals surface area contributed by atoms with E-state index in [1.165, 1.54) is 0 Å². The number of para-hydroxylation sites is 1. The lowest BCUT2D eigenvalue weighted by Crippen LogP contribution is -2.28. The van der Waals surface area contributed by atoms with Crippen molar-refractivity contribution >= 4 is 11.7 Å². The Morgan fingerprint density at radius 2 is 1.86 bits per heavy atom. The maximum absolute atomic E-state index is 12.9. The van der Waals surface area contributed by atoms with Crippen LogP contribution in [0.2, 0.25) is 0 Å². The molecule has 1 saturated carbocycles. The molecule has 1 amide bonds. The zero-order valence-corrected chi connectivity index (χ0v) is 16.6. The largest absolute Gasteiger partial charge is 0.497 e. The summed E-state index contributed by atoms with van der Waals surface area (Å²) in [6, 6.07) is 19.5. The second-order valence-corrected chi connectivity index (χ2v) is 7.31. The van der Waals surface area contributed by atoms with Crippen LogP contribution in [0.15, 0.2) is 66.9 Å². The van der Waals surface area contributed by atoms with Crippen LogP contribution in [-0.2, 0) is 16.6 Å². The molecule has 1 N–H and O–H groups in total. The number of benzene rings is 2. The molecule has 1 aliphatic rings. The highest BCUT2D eigenvalue weighted by molar-refractivity contribution is 6.00. The number of hydrogen-bond acceptors (Lipinski definition) is 4. The Balaban J connectivity index is 1.45. The lowest BCUT2D eigenvalue weighted by Gasteiger charge is -2.16. The van der Waals surface area contributed by atoms with Crippen LogP contribution in [0.5, 0.6) is 11.5 Å². The fourth-order valence-electron chi connectivity index (χ4n) is 3.60. The van der Waals surface area contributed by atoms with Crippen molar-refractivity contribution in [3.63, 3.8) is 0 Å². The van der Waals surface area contributed by atoms with Crippen molar-refractivity contribution in [2.75, 3.05) is 19.5 Å². The van der Waals surface area contributed by atoms with Gasteiger partial charge in [0.25, 0.3) is 0 Å². The van der Waals surface area contributed by atoms with Gasteiger partial charge in [-0.15, -0.1) is 0 Å². The summed E-state index contributed by atoms with van der Waals surface area (Å²) in [6.07, 6.45) is 4.18. The van der Waals surface area contributed by atoms with Gasteiger partial charge in [0.1, 0.15) is 17.3 Å². The van der Waals surface area contributed by atoms with E-state index in [-0.39, 0.29) is 5.91 Å². The van der Waals surface area contributed by atoms with E-state index in [4.69, 9.17) is 9.47 Å². The lowest BCUT2D eigenvalue weighted by atomic mass is 9.94. The fraction of sp³-hybridized carbons (Fsp3) is 0.250. The van der Waals surface area contributed by atoms with Gasteiger partial charge in [-0.3, -0.25) is 4.79 Å². The topological polar surface area (TPSA) is 60.5 Å². The van der Waals surface area contributed by atoms with E-state index in [9.17, 15) is 4.79 Å². The molecule has 0 bridgehead atoms. The van der Waals surface area contributed by atoms with Crippen molar-refractivity contribution in [1.82, 2.24) is 4.98 Å². The third kappa shape index (κ3) is 3.94. The number of amides is 1. The molecule has 1 fully saturated rings. The predicted octanol–water partition coefficient (Wildman–Crippen LogP) is 4.36. The average Bonchev–Trinajstić information content (AvgIpc) is 3.58. The molecular formula is C24H24N2O3. The van der Waals surface area contributed by atoms with Crippen LogP contribution in [-0.4, -0.2) is 25.1 Å². The van der Waals surface area contributed by atoms with Gasteiger partial charge in [0, 0.05) is 12.6 Å². The smallest absolute Gasteiger partial charge is 0.236 e. The van der Waals surface area contributed by atoms with E-state index in [1.54, 1.807) is 20.4 Å². The number of ether oxygens (including phenoxy) is 2. The van der Waals surface area contributed by atoms with Gasteiger partial charge in [-0.2, -0.15) is 0 Å². The van der Waals surface area contributed by atoms with Gasteiger partial charge in [-0.05, 0) is 53.8 Å². The number of methoxy groups -OCH3 is 2. The molecule has 5 nitrogen and oxygen atoms in total. The molecule has 1 aliphatic carbocycles. The monoisotopic (exact) mass is 388 g/mol. The Morgan fingerprint density at radius 3 is 2.55 bits per heavy atom. The van der Waals surface area contributed by atoms with Crippen molar-refractivity contribution < 1.29 is 14.3 Å². The summed E-state index contributed by atoms with van der Waals surface area (Å²) in [4.78, 5) is 17.4. The number of carbonyl (C=O) groups is 1. The average molecular weight is 388 g/mol.